The molecule has 1 heterocycles. The third-order valence-corrected chi connectivity index (χ3v) is 5.26. The second kappa shape index (κ2) is 6.10. The zero-order valence-electron chi connectivity index (χ0n) is 10.4. The highest BCUT2D eigenvalue weighted by Gasteiger charge is 2.41. The predicted molar refractivity (Wildman–Crippen MR) is 71.6 cm³/mol. The number of carboxylic acid groups (broad SMARTS) is 1. The summed E-state index contributed by atoms with van der Waals surface area (Å²) in [6.45, 7) is 0. The quantitative estimate of drug-likeness (QED) is 0.763. The number of nitrogens with one attached hydrogen (secondary N) is 1. The lowest BCUT2D eigenvalue weighted by atomic mass is 9.93. The molecular formula is C13H23NO2S. The molecule has 1 aliphatic heterocycles. The SMILES string of the molecule is O=C(O)C1(NC2CCCCCC2)CCCSC1. The van der Waals surface area contributed by atoms with Gasteiger partial charge in [0.25, 0.3) is 0 Å². The van der Waals surface area contributed by atoms with E-state index in [9.17, 15) is 9.90 Å². The van der Waals surface area contributed by atoms with Gasteiger partial charge in [-0.25, -0.2) is 0 Å². The highest BCUT2D eigenvalue weighted by atomic mass is 32.2. The molecular weight excluding hydrogens is 234 g/mol. The van der Waals surface area contributed by atoms with Crippen LogP contribution in [0.4, 0.5) is 0 Å². The van der Waals surface area contributed by atoms with Gasteiger partial charge in [-0.1, -0.05) is 25.7 Å². The lowest BCUT2D eigenvalue weighted by Gasteiger charge is -2.37. The molecule has 2 rings (SSSR count). The van der Waals surface area contributed by atoms with E-state index in [0.29, 0.717) is 6.04 Å². The Morgan fingerprint density at radius 2 is 1.88 bits per heavy atom. The van der Waals surface area contributed by atoms with Gasteiger partial charge in [0, 0.05) is 11.8 Å². The molecule has 0 amide bonds. The molecule has 1 unspecified atom stereocenters. The van der Waals surface area contributed by atoms with Gasteiger partial charge in [-0.05, 0) is 31.4 Å². The van der Waals surface area contributed by atoms with Gasteiger partial charge in [0.05, 0.1) is 0 Å². The number of thioether (sulfide) groups is 1. The summed E-state index contributed by atoms with van der Waals surface area (Å²) in [7, 11) is 0. The zero-order chi connectivity index (χ0) is 12.1. The summed E-state index contributed by atoms with van der Waals surface area (Å²) in [5.74, 6) is 1.20. The summed E-state index contributed by atoms with van der Waals surface area (Å²) in [4.78, 5) is 11.6. The van der Waals surface area contributed by atoms with Crippen LogP contribution in [0.2, 0.25) is 0 Å². The first-order valence-corrected chi connectivity index (χ1v) is 7.97. The fraction of sp³-hybridized carbons (Fsp3) is 0.923. The van der Waals surface area contributed by atoms with Gasteiger partial charge in [-0.2, -0.15) is 11.8 Å². The van der Waals surface area contributed by atoms with Crippen LogP contribution in [-0.2, 0) is 4.79 Å². The molecule has 0 aromatic rings. The summed E-state index contributed by atoms with van der Waals surface area (Å²) >= 11 is 1.78. The van der Waals surface area contributed by atoms with E-state index in [-0.39, 0.29) is 0 Å². The van der Waals surface area contributed by atoms with Gasteiger partial charge in [0.15, 0.2) is 0 Å². The summed E-state index contributed by atoms with van der Waals surface area (Å²) in [5, 5.41) is 13.0. The van der Waals surface area contributed by atoms with E-state index >= 15 is 0 Å². The second-order valence-corrected chi connectivity index (χ2v) is 6.48. The third kappa shape index (κ3) is 3.38. The Balaban J connectivity index is 1.98. The molecule has 2 fully saturated rings. The van der Waals surface area contributed by atoms with E-state index < -0.39 is 11.5 Å². The van der Waals surface area contributed by atoms with Gasteiger partial charge >= 0.3 is 5.97 Å². The largest absolute Gasteiger partial charge is 0.480 e. The number of rotatable bonds is 3. The Labute approximate surface area is 108 Å². The van der Waals surface area contributed by atoms with Crippen LogP contribution in [-0.4, -0.2) is 34.2 Å². The van der Waals surface area contributed by atoms with Crippen LogP contribution in [0.15, 0.2) is 0 Å². The van der Waals surface area contributed by atoms with E-state index in [4.69, 9.17) is 0 Å². The molecule has 1 saturated carbocycles. The van der Waals surface area contributed by atoms with Crippen molar-refractivity contribution in [3.8, 4) is 0 Å². The lowest BCUT2D eigenvalue weighted by molar-refractivity contribution is -0.144. The monoisotopic (exact) mass is 257 g/mol. The Morgan fingerprint density at radius 1 is 1.18 bits per heavy atom. The fourth-order valence-electron chi connectivity index (χ4n) is 2.95. The van der Waals surface area contributed by atoms with Gasteiger partial charge < -0.3 is 5.11 Å². The third-order valence-electron chi connectivity index (χ3n) is 3.99. The molecule has 0 aromatic heterocycles. The molecule has 1 atom stereocenters. The molecule has 2 aliphatic rings. The maximum absolute atomic E-state index is 11.6. The molecule has 4 heteroatoms. The molecule has 0 spiro atoms. The number of aliphatic carboxylic acids is 1. The van der Waals surface area contributed by atoms with Crippen molar-refractivity contribution >= 4 is 17.7 Å². The Kier molecular flexibility index (Phi) is 4.74. The van der Waals surface area contributed by atoms with Gasteiger partial charge in [-0.3, -0.25) is 10.1 Å². The topological polar surface area (TPSA) is 49.3 Å². The first-order chi connectivity index (χ1) is 8.23. The highest BCUT2D eigenvalue weighted by Crippen LogP contribution is 2.29. The number of carbonyl (C=O) groups is 1. The molecule has 98 valence electrons. The van der Waals surface area contributed by atoms with Crippen LogP contribution in [0.1, 0.15) is 51.4 Å². The predicted octanol–water partition coefficient (Wildman–Crippen LogP) is 2.65. The van der Waals surface area contributed by atoms with Crippen LogP contribution in [0.25, 0.3) is 0 Å². The van der Waals surface area contributed by atoms with Crippen LogP contribution in [0.5, 0.6) is 0 Å². The van der Waals surface area contributed by atoms with E-state index in [1.54, 1.807) is 11.8 Å². The molecule has 1 aliphatic carbocycles. The molecule has 0 aromatic carbocycles. The van der Waals surface area contributed by atoms with Crippen molar-refractivity contribution < 1.29 is 9.90 Å². The molecule has 3 nitrogen and oxygen atoms in total. The van der Waals surface area contributed by atoms with Crippen molar-refractivity contribution in [2.75, 3.05) is 11.5 Å². The van der Waals surface area contributed by atoms with E-state index in [1.807, 2.05) is 0 Å². The van der Waals surface area contributed by atoms with E-state index in [1.165, 1.54) is 25.7 Å². The van der Waals surface area contributed by atoms with Crippen molar-refractivity contribution in [2.24, 2.45) is 0 Å². The molecule has 17 heavy (non-hydrogen) atoms. The van der Waals surface area contributed by atoms with Crippen molar-refractivity contribution in [2.45, 2.75) is 62.9 Å². The first kappa shape index (κ1) is 13.2. The van der Waals surface area contributed by atoms with Gasteiger partial charge in [0.1, 0.15) is 5.54 Å². The second-order valence-electron chi connectivity index (χ2n) is 5.38. The first-order valence-electron chi connectivity index (χ1n) is 6.82. The normalized spacial score (nSPS) is 32.0. The van der Waals surface area contributed by atoms with Gasteiger partial charge in [0.2, 0.25) is 0 Å². The zero-order valence-corrected chi connectivity index (χ0v) is 11.2. The smallest absolute Gasteiger partial charge is 0.324 e. The molecule has 2 N–H and O–H groups in total. The van der Waals surface area contributed by atoms with E-state index in [0.717, 1.165) is 37.2 Å². The van der Waals surface area contributed by atoms with Crippen LogP contribution < -0.4 is 5.32 Å². The summed E-state index contributed by atoms with van der Waals surface area (Å²) < 4.78 is 0. The molecule has 0 bridgehead atoms. The van der Waals surface area contributed by atoms with Crippen molar-refractivity contribution in [1.82, 2.24) is 5.32 Å². The molecule has 1 saturated heterocycles. The van der Waals surface area contributed by atoms with Crippen molar-refractivity contribution in [1.29, 1.82) is 0 Å². The van der Waals surface area contributed by atoms with Crippen LogP contribution in [0, 0.1) is 0 Å². The van der Waals surface area contributed by atoms with Crippen molar-refractivity contribution in [3.63, 3.8) is 0 Å². The maximum Gasteiger partial charge on any atom is 0.324 e. The molecule has 0 radical (unpaired) electrons. The number of hydrogen-bond acceptors (Lipinski definition) is 3. The highest BCUT2D eigenvalue weighted by molar-refractivity contribution is 7.99. The van der Waals surface area contributed by atoms with E-state index in [2.05, 4.69) is 5.32 Å². The van der Waals surface area contributed by atoms with Gasteiger partial charge in [-0.15, -0.1) is 0 Å². The average Bonchev–Trinajstić information content (AvgIpc) is 2.59. The number of hydrogen-bond donors (Lipinski definition) is 2. The Bertz CT molecular complexity index is 256. The summed E-state index contributed by atoms with van der Waals surface area (Å²) in [6, 6.07) is 0.423. The fourth-order valence-corrected chi connectivity index (χ4v) is 4.15. The lowest BCUT2D eigenvalue weighted by Crippen LogP contribution is -2.59. The standard InChI is InChI=1S/C13H23NO2S/c15-12(16)13(8-5-9-17-10-13)14-11-6-3-1-2-4-7-11/h11,14H,1-10H2,(H,15,16). The van der Waals surface area contributed by atoms with Crippen LogP contribution in [0.3, 0.4) is 0 Å². The summed E-state index contributed by atoms with van der Waals surface area (Å²) in [5.41, 5.74) is -0.641. The minimum absolute atomic E-state index is 0.423. The van der Waals surface area contributed by atoms with Crippen LogP contribution >= 0.6 is 11.8 Å². The minimum atomic E-state index is -0.644. The number of carboxylic acids is 1. The average molecular weight is 257 g/mol. The maximum atomic E-state index is 11.6. The Hall–Kier alpha value is -0.220. The van der Waals surface area contributed by atoms with Crippen molar-refractivity contribution in [3.05, 3.63) is 0 Å². The Morgan fingerprint density at radius 3 is 2.41 bits per heavy atom. The minimum Gasteiger partial charge on any atom is -0.480 e. The summed E-state index contributed by atoms with van der Waals surface area (Å²) in [6.07, 6.45) is 9.25.